The maximum Gasteiger partial charge on any atom is 0.236 e. The summed E-state index contributed by atoms with van der Waals surface area (Å²) < 4.78 is 1.90. The molecule has 3 aromatic rings. The Labute approximate surface area is 121 Å². The van der Waals surface area contributed by atoms with Gasteiger partial charge in [0.1, 0.15) is 0 Å². The number of nitrogens with zero attached hydrogens (tertiary/aromatic N) is 3. The normalized spacial score (nSPS) is 14.3. The summed E-state index contributed by atoms with van der Waals surface area (Å²) in [6.07, 6.45) is 5.55. The summed E-state index contributed by atoms with van der Waals surface area (Å²) in [5.74, 6) is 1.36. The Morgan fingerprint density at radius 2 is 2.00 bits per heavy atom. The number of rotatable bonds is 3. The van der Waals surface area contributed by atoms with Gasteiger partial charge in [-0.2, -0.15) is 4.98 Å². The maximum atomic E-state index is 12.1. The van der Waals surface area contributed by atoms with E-state index >= 15 is 0 Å². The molecular weight excluding hydrogens is 264 g/mol. The van der Waals surface area contributed by atoms with Gasteiger partial charge in [0, 0.05) is 23.9 Å². The van der Waals surface area contributed by atoms with Crippen molar-refractivity contribution in [1.82, 2.24) is 14.4 Å². The molecule has 0 aliphatic heterocycles. The molecule has 2 heterocycles. The van der Waals surface area contributed by atoms with E-state index in [4.69, 9.17) is 0 Å². The first kappa shape index (κ1) is 12.1. The van der Waals surface area contributed by atoms with Gasteiger partial charge in [-0.1, -0.05) is 30.3 Å². The predicted molar refractivity (Wildman–Crippen MR) is 79.8 cm³/mol. The van der Waals surface area contributed by atoms with Crippen molar-refractivity contribution in [1.29, 1.82) is 0 Å². The summed E-state index contributed by atoms with van der Waals surface area (Å²) in [6.45, 7) is 0. The van der Waals surface area contributed by atoms with E-state index in [0.29, 0.717) is 11.6 Å². The molecule has 1 fully saturated rings. The number of benzene rings is 1. The smallest absolute Gasteiger partial charge is 0.236 e. The summed E-state index contributed by atoms with van der Waals surface area (Å²) in [5, 5.41) is 2.95. The molecule has 104 valence electrons. The van der Waals surface area contributed by atoms with E-state index in [1.807, 2.05) is 47.0 Å². The molecule has 0 atom stereocenters. The number of fused-ring (bicyclic) bond motifs is 1. The zero-order valence-corrected chi connectivity index (χ0v) is 11.4. The van der Waals surface area contributed by atoms with Gasteiger partial charge in [-0.15, -0.1) is 0 Å². The lowest BCUT2D eigenvalue weighted by molar-refractivity contribution is -0.117. The number of aromatic nitrogens is 3. The largest absolute Gasteiger partial charge is 0.309 e. The number of anilines is 1. The molecule has 5 nitrogen and oxygen atoms in total. The van der Waals surface area contributed by atoms with Crippen molar-refractivity contribution >= 4 is 17.5 Å². The number of carbonyl (C=O) groups is 1. The Bertz CT molecular complexity index is 806. The summed E-state index contributed by atoms with van der Waals surface area (Å²) in [5.41, 5.74) is 1.87. The summed E-state index contributed by atoms with van der Waals surface area (Å²) in [7, 11) is 0. The highest BCUT2D eigenvalue weighted by Gasteiger charge is 2.31. The average molecular weight is 278 g/mol. The fourth-order valence-electron chi connectivity index (χ4n) is 2.41. The zero-order chi connectivity index (χ0) is 14.2. The monoisotopic (exact) mass is 278 g/mol. The maximum absolute atomic E-state index is 12.1. The first-order valence-corrected chi connectivity index (χ1v) is 7.02. The van der Waals surface area contributed by atoms with Crippen LogP contribution in [-0.2, 0) is 4.79 Å². The first-order valence-electron chi connectivity index (χ1n) is 7.02. The Hall–Kier alpha value is -2.69. The molecule has 0 radical (unpaired) electrons. The third kappa shape index (κ3) is 2.16. The Balaban J connectivity index is 1.86. The Kier molecular flexibility index (Phi) is 2.70. The molecule has 1 saturated carbocycles. The van der Waals surface area contributed by atoms with Gasteiger partial charge in [0.05, 0.1) is 5.69 Å². The van der Waals surface area contributed by atoms with Gasteiger partial charge in [0.25, 0.3) is 0 Å². The van der Waals surface area contributed by atoms with E-state index in [1.165, 1.54) is 0 Å². The van der Waals surface area contributed by atoms with Crippen LogP contribution >= 0.6 is 0 Å². The van der Waals surface area contributed by atoms with Crippen LogP contribution in [0.15, 0.2) is 48.8 Å². The molecule has 1 aliphatic rings. The average Bonchev–Trinajstić information content (AvgIpc) is 3.30. The van der Waals surface area contributed by atoms with Crippen LogP contribution in [0.4, 0.5) is 5.82 Å². The van der Waals surface area contributed by atoms with E-state index < -0.39 is 0 Å². The summed E-state index contributed by atoms with van der Waals surface area (Å²) in [4.78, 5) is 20.8. The lowest BCUT2D eigenvalue weighted by Crippen LogP contribution is -2.14. The van der Waals surface area contributed by atoms with E-state index in [2.05, 4.69) is 15.3 Å². The lowest BCUT2D eigenvalue weighted by atomic mass is 10.1. The van der Waals surface area contributed by atoms with Crippen molar-refractivity contribution in [3.63, 3.8) is 0 Å². The van der Waals surface area contributed by atoms with Crippen LogP contribution in [0.2, 0.25) is 0 Å². The van der Waals surface area contributed by atoms with Crippen molar-refractivity contribution in [2.24, 2.45) is 5.92 Å². The van der Waals surface area contributed by atoms with Crippen molar-refractivity contribution < 1.29 is 4.79 Å². The van der Waals surface area contributed by atoms with Gasteiger partial charge in [-0.05, 0) is 18.9 Å². The van der Waals surface area contributed by atoms with Crippen LogP contribution in [0.5, 0.6) is 0 Å². The van der Waals surface area contributed by atoms with Gasteiger partial charge in [0.15, 0.2) is 5.82 Å². The van der Waals surface area contributed by atoms with Crippen LogP contribution in [-0.4, -0.2) is 20.3 Å². The third-order valence-electron chi connectivity index (χ3n) is 3.64. The van der Waals surface area contributed by atoms with Gasteiger partial charge < -0.3 is 5.32 Å². The number of carbonyl (C=O) groups excluding carboxylic acids is 1. The molecule has 0 unspecified atom stereocenters. The quantitative estimate of drug-likeness (QED) is 0.801. The fraction of sp³-hybridized carbons (Fsp3) is 0.188. The number of nitrogens with one attached hydrogen (secondary N) is 1. The topological polar surface area (TPSA) is 59.3 Å². The molecule has 1 aromatic carbocycles. The molecular formula is C16H14N4O. The molecule has 1 aliphatic carbocycles. The Morgan fingerprint density at radius 3 is 2.76 bits per heavy atom. The summed E-state index contributed by atoms with van der Waals surface area (Å²) in [6, 6.07) is 11.8. The number of hydrogen-bond donors (Lipinski definition) is 1. The third-order valence-corrected chi connectivity index (χ3v) is 3.64. The van der Waals surface area contributed by atoms with E-state index in [9.17, 15) is 4.79 Å². The van der Waals surface area contributed by atoms with E-state index in [1.54, 1.807) is 6.20 Å². The molecule has 21 heavy (non-hydrogen) atoms. The molecule has 4 rings (SSSR count). The predicted octanol–water partition coefficient (Wildman–Crippen LogP) is 2.74. The molecule has 1 N–H and O–H groups in total. The van der Waals surface area contributed by atoms with E-state index in [0.717, 1.165) is 24.1 Å². The molecule has 5 heteroatoms. The molecule has 0 saturated heterocycles. The van der Waals surface area contributed by atoms with Crippen molar-refractivity contribution in [3.05, 3.63) is 48.8 Å². The van der Waals surface area contributed by atoms with Crippen molar-refractivity contribution in [2.45, 2.75) is 12.8 Å². The van der Waals surface area contributed by atoms with Crippen molar-refractivity contribution in [2.75, 3.05) is 5.32 Å². The molecule has 0 bridgehead atoms. The number of amides is 1. The van der Waals surface area contributed by atoms with Crippen LogP contribution in [0, 0.1) is 5.92 Å². The van der Waals surface area contributed by atoms with Gasteiger partial charge >= 0.3 is 0 Å². The highest BCUT2D eigenvalue weighted by Crippen LogP contribution is 2.33. The minimum atomic E-state index is 0.0515. The van der Waals surface area contributed by atoms with Crippen LogP contribution in [0.1, 0.15) is 12.8 Å². The standard InChI is InChI=1S/C16H14N4O/c21-15(12-7-8-12)18-14-13(11-5-2-1-3-6-11)20-10-4-9-17-16(20)19-14/h1-6,9-10,12H,7-8H2,(H,18,21). The minimum absolute atomic E-state index is 0.0515. The van der Waals surface area contributed by atoms with Gasteiger partial charge in [-0.25, -0.2) is 4.98 Å². The SMILES string of the molecule is O=C(Nc1nc2ncccn2c1-c1ccccc1)C1CC1. The highest BCUT2D eigenvalue weighted by atomic mass is 16.2. The zero-order valence-electron chi connectivity index (χ0n) is 11.4. The van der Waals surface area contributed by atoms with Crippen molar-refractivity contribution in [3.8, 4) is 11.3 Å². The lowest BCUT2D eigenvalue weighted by Gasteiger charge is -2.06. The van der Waals surface area contributed by atoms with Crippen LogP contribution < -0.4 is 5.32 Å². The molecule has 0 spiro atoms. The minimum Gasteiger partial charge on any atom is -0.309 e. The van der Waals surface area contributed by atoms with E-state index in [-0.39, 0.29) is 11.8 Å². The molecule has 2 aromatic heterocycles. The van der Waals surface area contributed by atoms with Gasteiger partial charge in [-0.3, -0.25) is 9.20 Å². The highest BCUT2D eigenvalue weighted by molar-refractivity contribution is 5.96. The first-order chi connectivity index (χ1) is 10.3. The fourth-order valence-corrected chi connectivity index (χ4v) is 2.41. The second kappa shape index (κ2) is 4.70. The van der Waals surface area contributed by atoms with Crippen LogP contribution in [0.3, 0.4) is 0 Å². The van der Waals surface area contributed by atoms with Crippen LogP contribution in [0.25, 0.3) is 17.0 Å². The van der Waals surface area contributed by atoms with Gasteiger partial charge in [0.2, 0.25) is 11.7 Å². The number of imidazole rings is 1. The second-order valence-corrected chi connectivity index (χ2v) is 5.23. The number of hydrogen-bond acceptors (Lipinski definition) is 3. The Morgan fingerprint density at radius 1 is 1.19 bits per heavy atom. The molecule has 1 amide bonds. The second-order valence-electron chi connectivity index (χ2n) is 5.23. The summed E-state index contributed by atoms with van der Waals surface area (Å²) >= 11 is 0.